The van der Waals surface area contributed by atoms with Crippen LogP contribution in [0.3, 0.4) is 0 Å². The van der Waals surface area contributed by atoms with Gasteiger partial charge in [0.2, 0.25) is 17.6 Å². The molecule has 0 fully saturated rings. The van der Waals surface area contributed by atoms with Gasteiger partial charge in [0, 0.05) is 25.6 Å². The van der Waals surface area contributed by atoms with E-state index in [9.17, 15) is 9.59 Å². The van der Waals surface area contributed by atoms with Crippen molar-refractivity contribution < 1.29 is 23.8 Å². The lowest BCUT2D eigenvalue weighted by Gasteiger charge is -2.23. The smallest absolute Gasteiger partial charge is 0.240 e. The van der Waals surface area contributed by atoms with E-state index in [-0.39, 0.29) is 18.4 Å². The van der Waals surface area contributed by atoms with Crippen LogP contribution < -0.4 is 24.4 Å². The lowest BCUT2D eigenvalue weighted by atomic mass is 10.1. The van der Waals surface area contributed by atoms with E-state index in [1.165, 1.54) is 33.2 Å². The minimum atomic E-state index is -0.256. The molecule has 25 heavy (non-hydrogen) atoms. The SMILES string of the molecule is COc1cc(N(CC(=O)NCCC(C)C)C(C)=O)cc(OC)c1OC. The fraction of sp³-hybridized carbons (Fsp3) is 0.556. The maximum absolute atomic E-state index is 12.2. The minimum Gasteiger partial charge on any atom is -0.493 e. The summed E-state index contributed by atoms with van der Waals surface area (Å²) in [4.78, 5) is 25.6. The maximum atomic E-state index is 12.2. The van der Waals surface area contributed by atoms with Crippen molar-refractivity contribution in [1.82, 2.24) is 5.32 Å². The van der Waals surface area contributed by atoms with Crippen molar-refractivity contribution >= 4 is 17.5 Å². The van der Waals surface area contributed by atoms with Gasteiger partial charge in [0.05, 0.1) is 27.0 Å². The van der Waals surface area contributed by atoms with Crippen LogP contribution in [-0.2, 0) is 9.59 Å². The van der Waals surface area contributed by atoms with Gasteiger partial charge < -0.3 is 24.4 Å². The minimum absolute atomic E-state index is 0.0773. The summed E-state index contributed by atoms with van der Waals surface area (Å²) >= 11 is 0. The maximum Gasteiger partial charge on any atom is 0.240 e. The fourth-order valence-electron chi connectivity index (χ4n) is 2.31. The third-order valence-electron chi connectivity index (χ3n) is 3.69. The van der Waals surface area contributed by atoms with Crippen LogP contribution in [0.2, 0.25) is 0 Å². The summed E-state index contributed by atoms with van der Waals surface area (Å²) < 4.78 is 15.9. The summed E-state index contributed by atoms with van der Waals surface area (Å²) in [5.74, 6) is 1.29. The third-order valence-corrected chi connectivity index (χ3v) is 3.69. The largest absolute Gasteiger partial charge is 0.493 e. The van der Waals surface area contributed by atoms with E-state index >= 15 is 0 Å². The Kier molecular flexibility index (Phi) is 8.04. The molecule has 0 atom stereocenters. The summed E-state index contributed by atoms with van der Waals surface area (Å²) in [6.45, 7) is 6.09. The summed E-state index contributed by atoms with van der Waals surface area (Å²) in [5.41, 5.74) is 0.501. The molecular weight excluding hydrogens is 324 g/mol. The standard InChI is InChI=1S/C18H28N2O5/c1-12(2)7-8-19-17(22)11-20(13(3)21)14-9-15(23-4)18(25-6)16(10-14)24-5/h9-10,12H,7-8,11H2,1-6H3,(H,19,22). The predicted octanol–water partition coefficient (Wildman–Crippen LogP) is 2.23. The van der Waals surface area contributed by atoms with E-state index in [4.69, 9.17) is 14.2 Å². The second kappa shape index (κ2) is 9.76. The van der Waals surface area contributed by atoms with Crippen molar-refractivity contribution in [3.63, 3.8) is 0 Å². The van der Waals surface area contributed by atoms with Gasteiger partial charge in [-0.05, 0) is 12.3 Å². The Labute approximate surface area is 149 Å². The van der Waals surface area contributed by atoms with Crippen molar-refractivity contribution in [1.29, 1.82) is 0 Å². The predicted molar refractivity (Wildman–Crippen MR) is 96.6 cm³/mol. The molecule has 1 aromatic carbocycles. The number of carbonyl (C=O) groups excluding carboxylic acids is 2. The number of rotatable bonds is 9. The molecule has 1 rings (SSSR count). The summed E-state index contributed by atoms with van der Waals surface area (Å²) in [7, 11) is 4.50. The van der Waals surface area contributed by atoms with Crippen LogP contribution in [0.1, 0.15) is 27.2 Å². The number of benzene rings is 1. The summed E-state index contributed by atoms with van der Waals surface area (Å²) in [6, 6.07) is 3.29. The lowest BCUT2D eigenvalue weighted by molar-refractivity contribution is -0.123. The Morgan fingerprint density at radius 3 is 2.04 bits per heavy atom. The molecule has 0 spiro atoms. The normalized spacial score (nSPS) is 10.4. The number of nitrogens with one attached hydrogen (secondary N) is 1. The number of hydrogen-bond donors (Lipinski definition) is 1. The van der Waals surface area contributed by atoms with E-state index in [1.54, 1.807) is 12.1 Å². The highest BCUT2D eigenvalue weighted by Gasteiger charge is 2.21. The molecule has 0 aliphatic carbocycles. The first-order valence-corrected chi connectivity index (χ1v) is 8.18. The second-order valence-corrected chi connectivity index (χ2v) is 6.02. The molecule has 0 saturated carbocycles. The van der Waals surface area contributed by atoms with E-state index in [0.717, 1.165) is 6.42 Å². The van der Waals surface area contributed by atoms with Crippen LogP contribution >= 0.6 is 0 Å². The van der Waals surface area contributed by atoms with Crippen LogP contribution in [0.4, 0.5) is 5.69 Å². The number of anilines is 1. The van der Waals surface area contributed by atoms with Gasteiger partial charge in [-0.15, -0.1) is 0 Å². The van der Waals surface area contributed by atoms with E-state index in [2.05, 4.69) is 19.2 Å². The quantitative estimate of drug-likeness (QED) is 0.737. The van der Waals surface area contributed by atoms with Crippen LogP contribution in [0.15, 0.2) is 12.1 Å². The van der Waals surface area contributed by atoms with Crippen molar-refractivity contribution in [3.8, 4) is 17.2 Å². The fourth-order valence-corrected chi connectivity index (χ4v) is 2.31. The highest BCUT2D eigenvalue weighted by molar-refractivity contribution is 5.98. The molecule has 1 aromatic rings. The van der Waals surface area contributed by atoms with Crippen molar-refractivity contribution in [3.05, 3.63) is 12.1 Å². The number of hydrogen-bond acceptors (Lipinski definition) is 5. The Balaban J connectivity index is 3.02. The number of amides is 2. The molecular formula is C18H28N2O5. The van der Waals surface area contributed by atoms with Gasteiger partial charge in [0.25, 0.3) is 0 Å². The number of ether oxygens (including phenoxy) is 3. The summed E-state index contributed by atoms with van der Waals surface area (Å²) in [6.07, 6.45) is 0.885. The van der Waals surface area contributed by atoms with Gasteiger partial charge >= 0.3 is 0 Å². The first kappa shape index (κ1) is 20.6. The average Bonchev–Trinajstić information content (AvgIpc) is 2.57. The number of carbonyl (C=O) groups is 2. The molecule has 0 aliphatic rings. The molecule has 2 amide bonds. The zero-order chi connectivity index (χ0) is 19.0. The molecule has 0 radical (unpaired) electrons. The number of methoxy groups -OCH3 is 3. The molecule has 0 aliphatic heterocycles. The van der Waals surface area contributed by atoms with Gasteiger partial charge in [0.15, 0.2) is 11.5 Å². The molecule has 0 heterocycles. The van der Waals surface area contributed by atoms with Crippen LogP contribution in [0.25, 0.3) is 0 Å². The Morgan fingerprint density at radius 1 is 1.08 bits per heavy atom. The monoisotopic (exact) mass is 352 g/mol. The first-order valence-electron chi connectivity index (χ1n) is 8.18. The van der Waals surface area contributed by atoms with Gasteiger partial charge in [-0.2, -0.15) is 0 Å². The molecule has 0 bridgehead atoms. The van der Waals surface area contributed by atoms with Gasteiger partial charge in [-0.25, -0.2) is 0 Å². The highest BCUT2D eigenvalue weighted by Crippen LogP contribution is 2.41. The summed E-state index contributed by atoms with van der Waals surface area (Å²) in [5, 5.41) is 2.83. The topological polar surface area (TPSA) is 77.1 Å². The van der Waals surface area contributed by atoms with Crippen molar-refractivity contribution in [2.24, 2.45) is 5.92 Å². The van der Waals surface area contributed by atoms with E-state index in [0.29, 0.717) is 35.4 Å². The van der Waals surface area contributed by atoms with Crippen LogP contribution in [0.5, 0.6) is 17.2 Å². The van der Waals surface area contributed by atoms with Crippen molar-refractivity contribution in [2.45, 2.75) is 27.2 Å². The number of nitrogens with zero attached hydrogens (tertiary/aromatic N) is 1. The highest BCUT2D eigenvalue weighted by atomic mass is 16.5. The molecule has 1 N–H and O–H groups in total. The second-order valence-electron chi connectivity index (χ2n) is 6.02. The first-order chi connectivity index (χ1) is 11.8. The Hall–Kier alpha value is -2.44. The Morgan fingerprint density at radius 2 is 1.64 bits per heavy atom. The van der Waals surface area contributed by atoms with Gasteiger partial charge in [-0.3, -0.25) is 9.59 Å². The molecule has 0 unspecified atom stereocenters. The van der Waals surface area contributed by atoms with E-state index < -0.39 is 0 Å². The molecule has 7 nitrogen and oxygen atoms in total. The molecule has 140 valence electrons. The Bertz CT molecular complexity index is 576. The molecule has 0 saturated heterocycles. The molecule has 7 heteroatoms. The zero-order valence-corrected chi connectivity index (χ0v) is 15.8. The molecule has 0 aromatic heterocycles. The van der Waals surface area contributed by atoms with Crippen LogP contribution in [0, 0.1) is 5.92 Å². The van der Waals surface area contributed by atoms with E-state index in [1.807, 2.05) is 0 Å². The van der Waals surface area contributed by atoms with Gasteiger partial charge in [0.1, 0.15) is 6.54 Å². The van der Waals surface area contributed by atoms with Crippen molar-refractivity contribution in [2.75, 3.05) is 39.3 Å². The van der Waals surface area contributed by atoms with Gasteiger partial charge in [-0.1, -0.05) is 13.8 Å². The third kappa shape index (κ3) is 5.85. The van der Waals surface area contributed by atoms with Crippen LogP contribution in [-0.4, -0.2) is 46.2 Å². The lowest BCUT2D eigenvalue weighted by Crippen LogP contribution is -2.40. The zero-order valence-electron chi connectivity index (χ0n) is 15.8. The average molecular weight is 352 g/mol.